The largest absolute Gasteiger partial charge is 2.00 e. The van der Waals surface area contributed by atoms with E-state index in [1.807, 2.05) is 25.3 Å². The number of allylic oxidation sites excluding steroid dienone is 2. The summed E-state index contributed by atoms with van der Waals surface area (Å²) in [6, 6.07) is 13.1. The first kappa shape index (κ1) is 29.3. The molecule has 184 valence electrons. The molecule has 1 atom stereocenters. The molecular weight excluding hydrogens is 549 g/mol. The smallest absolute Gasteiger partial charge is 0.552 e. The van der Waals surface area contributed by atoms with Crippen LogP contribution in [0.4, 0.5) is 5.69 Å². The van der Waals surface area contributed by atoms with Crippen LogP contribution in [0.3, 0.4) is 0 Å². The Morgan fingerprint density at radius 3 is 2.21 bits per heavy atom. The minimum Gasteiger partial charge on any atom is -0.552 e. The number of carbonyl (C=O) groups is 1. The number of aryl methyl sites for hydroxylation is 1. The first-order valence-corrected chi connectivity index (χ1v) is 11.6. The third-order valence-corrected chi connectivity index (χ3v) is 6.23. The number of hydrazine groups is 1. The molecule has 10 heteroatoms. The van der Waals surface area contributed by atoms with Crippen LogP contribution in [0.5, 0.6) is 0 Å². The molecule has 2 heterocycles. The Balaban J connectivity index is 0.000000327. The van der Waals surface area contributed by atoms with Crippen LogP contribution in [0.1, 0.15) is 25.0 Å². The molecule has 0 radical (unpaired) electrons. The van der Waals surface area contributed by atoms with E-state index >= 15 is 0 Å². The van der Waals surface area contributed by atoms with Crippen molar-refractivity contribution in [3.8, 4) is 0 Å². The number of anilines is 1. The summed E-state index contributed by atoms with van der Waals surface area (Å²) < 4.78 is 27.2. The minimum atomic E-state index is -3.96. The molecule has 8 nitrogen and oxygen atoms in total. The second-order valence-electron chi connectivity index (χ2n) is 7.68. The van der Waals surface area contributed by atoms with Crippen molar-refractivity contribution >= 4 is 27.8 Å². The zero-order valence-corrected chi connectivity index (χ0v) is 21.3. The Hall–Kier alpha value is -2.74. The third kappa shape index (κ3) is 7.13. The molecule has 0 saturated carbocycles. The molecule has 2 aromatic rings. The van der Waals surface area contributed by atoms with E-state index in [1.54, 1.807) is 26.0 Å². The maximum atomic E-state index is 11.9. The Morgan fingerprint density at radius 1 is 0.971 bits per heavy atom. The third-order valence-electron chi connectivity index (χ3n) is 4.86. The van der Waals surface area contributed by atoms with Gasteiger partial charge < -0.3 is 20.1 Å². The number of carboxylic acids is 1. The summed E-state index contributed by atoms with van der Waals surface area (Å²) >= 11 is 0. The number of benzene rings is 2. The van der Waals surface area contributed by atoms with Gasteiger partial charge in [-0.25, -0.2) is 8.42 Å². The molecule has 0 spiro atoms. The molecule has 0 aromatic heterocycles. The van der Waals surface area contributed by atoms with Gasteiger partial charge in [-0.2, -0.15) is 0 Å². The van der Waals surface area contributed by atoms with E-state index in [9.17, 15) is 18.3 Å². The van der Waals surface area contributed by atoms with Crippen LogP contribution in [0.15, 0.2) is 84.2 Å². The van der Waals surface area contributed by atoms with E-state index < -0.39 is 28.0 Å². The topological polar surface area (TPSA) is 126 Å². The Kier molecular flexibility index (Phi) is 10.9. The molecule has 0 aliphatic carbocycles. The summed E-state index contributed by atoms with van der Waals surface area (Å²) in [6.07, 6.45) is 12.3. The summed E-state index contributed by atoms with van der Waals surface area (Å²) in [5.41, 5.74) is 3.38. The van der Waals surface area contributed by atoms with Gasteiger partial charge in [0.1, 0.15) is 10.0 Å². The number of fused-ring (bicyclic) bond motifs is 3. The monoisotopic (exact) mass is 575 g/mol. The molecule has 4 rings (SSSR count). The molecule has 1 unspecified atom stereocenters. The van der Waals surface area contributed by atoms with Crippen molar-refractivity contribution in [1.82, 2.24) is 5.01 Å². The van der Waals surface area contributed by atoms with Crippen LogP contribution in [0.25, 0.3) is 10.8 Å². The fraction of sp³-hybridized carbons (Fsp3) is 0.208. The second-order valence-corrected chi connectivity index (χ2v) is 9.32. The average Bonchev–Trinajstić information content (AvgIpc) is 2.78. The number of sulfonamides is 1. The van der Waals surface area contributed by atoms with E-state index in [4.69, 9.17) is 0 Å². The minimum absolute atomic E-state index is 0. The first-order valence-electron chi connectivity index (χ1n) is 10.1. The fourth-order valence-electron chi connectivity index (χ4n) is 3.10. The Morgan fingerprint density at radius 2 is 1.59 bits per heavy atom. The van der Waals surface area contributed by atoms with Crippen molar-refractivity contribution in [2.24, 2.45) is 5.92 Å². The van der Waals surface area contributed by atoms with Crippen molar-refractivity contribution in [2.75, 3.05) is 5.01 Å². The van der Waals surface area contributed by atoms with Gasteiger partial charge in [0.15, 0.2) is 0 Å². The summed E-state index contributed by atoms with van der Waals surface area (Å²) in [5.74, 6) is -1.93. The van der Waals surface area contributed by atoms with Gasteiger partial charge in [0, 0.05) is 35.0 Å². The number of hydrogen-bond donors (Lipinski definition) is 0. The zero-order chi connectivity index (χ0) is 23.3. The van der Waals surface area contributed by atoms with E-state index in [1.165, 1.54) is 23.4 Å². The van der Waals surface area contributed by atoms with Gasteiger partial charge in [-0.1, -0.05) is 61.7 Å². The standard InChI is InChI=1S/C12H10N2.C12H16NO4S.H2O.Pd/c1-2-6-12-11(5-1)7-10-13-8-3-4-9-14(12)13;1-8(2)11(12(14)15)13-18(16,17)10-6-4-9(3)5-7-10;;/h1-10H;4-8,11H,1-3H3,(H,14,15);1H2;/q;-1;;+2/p-1. The SMILES string of the molecule is C1=CN2C=Cc3ccccc3N2C=C1.Cc1ccc(S(=O)(=O)[N-]C(C(=O)[O-])C(C)C)cc1.O.[Pd+2]. The second kappa shape index (κ2) is 12.6. The van der Waals surface area contributed by atoms with Crippen LogP contribution in [-0.2, 0) is 35.2 Å². The molecule has 2 N–H and O–H groups in total. The summed E-state index contributed by atoms with van der Waals surface area (Å²) in [4.78, 5) is 10.8. The van der Waals surface area contributed by atoms with Crippen LogP contribution in [0.2, 0.25) is 0 Å². The summed E-state index contributed by atoms with van der Waals surface area (Å²) in [5, 5.41) is 15.0. The number of hydrogen-bond acceptors (Lipinski definition) is 6. The molecule has 0 fully saturated rings. The maximum Gasteiger partial charge on any atom is 2.00 e. The molecule has 34 heavy (non-hydrogen) atoms. The normalized spacial score (nSPS) is 14.1. The van der Waals surface area contributed by atoms with Crippen molar-refractivity contribution in [1.29, 1.82) is 0 Å². The zero-order valence-electron chi connectivity index (χ0n) is 18.9. The Labute approximate surface area is 214 Å². The van der Waals surface area contributed by atoms with Crippen molar-refractivity contribution in [3.05, 3.63) is 95.1 Å². The van der Waals surface area contributed by atoms with Crippen LogP contribution < -0.4 is 10.1 Å². The fourth-order valence-corrected chi connectivity index (χ4v) is 4.33. The van der Waals surface area contributed by atoms with Gasteiger partial charge >= 0.3 is 20.4 Å². The van der Waals surface area contributed by atoms with Gasteiger partial charge in [0.05, 0.1) is 5.69 Å². The number of aliphatic carboxylic acids is 1. The van der Waals surface area contributed by atoms with Gasteiger partial charge in [-0.05, 0) is 43.4 Å². The molecule has 0 saturated heterocycles. The number of carboxylic acid groups (broad SMARTS) is 1. The van der Waals surface area contributed by atoms with E-state index in [-0.39, 0.29) is 30.8 Å². The number of para-hydroxylation sites is 1. The number of carbonyl (C=O) groups excluding carboxylic acids is 1. The predicted octanol–water partition coefficient (Wildman–Crippen LogP) is 2.74. The number of nitrogens with zero attached hydrogens (tertiary/aromatic N) is 3. The Bertz CT molecular complexity index is 1160. The van der Waals surface area contributed by atoms with E-state index in [0.717, 1.165) is 5.56 Å². The van der Waals surface area contributed by atoms with Gasteiger partial charge in [-0.15, -0.1) is 0 Å². The quantitative estimate of drug-likeness (QED) is 0.505. The molecular formula is C24H27N3O5PdS. The van der Waals surface area contributed by atoms with E-state index in [2.05, 4.69) is 57.5 Å². The first-order chi connectivity index (χ1) is 15.2. The van der Waals surface area contributed by atoms with Crippen molar-refractivity contribution in [3.63, 3.8) is 0 Å². The summed E-state index contributed by atoms with van der Waals surface area (Å²) in [7, 11) is -3.96. The maximum absolute atomic E-state index is 11.9. The van der Waals surface area contributed by atoms with Crippen LogP contribution >= 0.6 is 0 Å². The van der Waals surface area contributed by atoms with Gasteiger partial charge in [-0.3, -0.25) is 10.0 Å². The van der Waals surface area contributed by atoms with Gasteiger partial charge in [0.2, 0.25) is 0 Å². The average molecular weight is 576 g/mol. The van der Waals surface area contributed by atoms with Crippen molar-refractivity contribution in [2.45, 2.75) is 31.7 Å². The molecule has 2 aliphatic rings. The predicted molar refractivity (Wildman–Crippen MR) is 127 cm³/mol. The summed E-state index contributed by atoms with van der Waals surface area (Å²) in [6.45, 7) is 4.98. The molecule has 2 aromatic carbocycles. The van der Waals surface area contributed by atoms with Crippen molar-refractivity contribution < 1.29 is 44.2 Å². The van der Waals surface area contributed by atoms with E-state index in [0.29, 0.717) is 0 Å². The van der Waals surface area contributed by atoms with Crippen LogP contribution in [-0.4, -0.2) is 30.9 Å². The van der Waals surface area contributed by atoms with Crippen LogP contribution in [0, 0.1) is 12.8 Å². The van der Waals surface area contributed by atoms with Gasteiger partial charge in [0.25, 0.3) is 0 Å². The molecule has 2 aliphatic heterocycles. The number of rotatable bonds is 5. The molecule has 0 amide bonds. The molecule has 0 bridgehead atoms.